The van der Waals surface area contributed by atoms with Gasteiger partial charge in [-0.25, -0.2) is 0 Å². The van der Waals surface area contributed by atoms with Gasteiger partial charge >= 0.3 is 0 Å². The zero-order chi connectivity index (χ0) is 12.9. The van der Waals surface area contributed by atoms with Crippen LogP contribution in [0.4, 0.5) is 0 Å². The third kappa shape index (κ3) is 3.86. The monoisotopic (exact) mass is 246 g/mol. The minimum atomic E-state index is -1.71. The molecular formula is C13H30O2Si. The fourth-order valence-corrected chi connectivity index (χ4v) is 8.38. The molecule has 0 aliphatic rings. The Balaban J connectivity index is 4.64. The lowest BCUT2D eigenvalue weighted by Crippen LogP contribution is -2.48. The maximum absolute atomic E-state index is 9.30. The lowest BCUT2D eigenvalue weighted by molar-refractivity contribution is 0.149. The molecular weight excluding hydrogens is 216 g/mol. The quantitative estimate of drug-likeness (QED) is 0.689. The summed E-state index contributed by atoms with van der Waals surface area (Å²) >= 11 is 0. The van der Waals surface area contributed by atoms with Crippen LogP contribution in [0.1, 0.15) is 54.9 Å². The Kier molecular flexibility index (Phi) is 6.83. The Labute approximate surface area is 103 Å². The standard InChI is InChI=1S/C13H30O2Si/c1-10(2)16(11(3)4,12(5)6)15-9-8-13(7)14/h10-14H,8-9H2,1-7H3/t13-/m0/s1. The largest absolute Gasteiger partial charge is 0.416 e. The van der Waals surface area contributed by atoms with Crippen LogP contribution in [0, 0.1) is 0 Å². The minimum Gasteiger partial charge on any atom is -0.416 e. The summed E-state index contributed by atoms with van der Waals surface area (Å²) in [5, 5.41) is 9.30. The van der Waals surface area contributed by atoms with Gasteiger partial charge in [0.05, 0.1) is 6.10 Å². The lowest BCUT2D eigenvalue weighted by Gasteiger charge is -2.42. The molecule has 0 aromatic carbocycles. The average molecular weight is 246 g/mol. The van der Waals surface area contributed by atoms with Crippen molar-refractivity contribution in [3.05, 3.63) is 0 Å². The van der Waals surface area contributed by atoms with Crippen molar-refractivity contribution in [2.45, 2.75) is 77.6 Å². The molecule has 0 aliphatic carbocycles. The summed E-state index contributed by atoms with van der Waals surface area (Å²) in [7, 11) is -1.71. The first-order valence-corrected chi connectivity index (χ1v) is 8.71. The Morgan fingerprint density at radius 2 is 1.25 bits per heavy atom. The van der Waals surface area contributed by atoms with Gasteiger partial charge in [-0.3, -0.25) is 0 Å². The summed E-state index contributed by atoms with van der Waals surface area (Å²) in [5.41, 5.74) is 1.88. The summed E-state index contributed by atoms with van der Waals surface area (Å²) in [6.07, 6.45) is 0.499. The average Bonchev–Trinajstić information content (AvgIpc) is 2.09. The van der Waals surface area contributed by atoms with Crippen LogP contribution in [0.3, 0.4) is 0 Å². The van der Waals surface area contributed by atoms with Crippen LogP contribution in [-0.2, 0) is 4.43 Å². The molecule has 0 aliphatic heterocycles. The summed E-state index contributed by atoms with van der Waals surface area (Å²) in [6, 6.07) is 0. The van der Waals surface area contributed by atoms with E-state index in [-0.39, 0.29) is 6.10 Å². The molecule has 0 spiro atoms. The predicted molar refractivity (Wildman–Crippen MR) is 73.3 cm³/mol. The van der Waals surface area contributed by atoms with Crippen molar-refractivity contribution in [1.82, 2.24) is 0 Å². The van der Waals surface area contributed by atoms with Gasteiger partial charge in [0.2, 0.25) is 0 Å². The second-order valence-electron chi connectivity index (χ2n) is 5.80. The Bertz CT molecular complexity index is 167. The molecule has 0 radical (unpaired) electrons. The van der Waals surface area contributed by atoms with Gasteiger partial charge in [0.25, 0.3) is 0 Å². The van der Waals surface area contributed by atoms with Crippen molar-refractivity contribution >= 4 is 8.32 Å². The number of rotatable bonds is 7. The van der Waals surface area contributed by atoms with Crippen molar-refractivity contribution < 1.29 is 9.53 Å². The van der Waals surface area contributed by atoms with Crippen molar-refractivity contribution in [2.24, 2.45) is 0 Å². The Morgan fingerprint density at radius 1 is 0.875 bits per heavy atom. The topological polar surface area (TPSA) is 29.5 Å². The van der Waals surface area contributed by atoms with Gasteiger partial charge in [0.15, 0.2) is 8.32 Å². The van der Waals surface area contributed by atoms with Crippen LogP contribution >= 0.6 is 0 Å². The number of hydrogen-bond acceptors (Lipinski definition) is 2. The lowest BCUT2D eigenvalue weighted by atomic mass is 10.3. The van der Waals surface area contributed by atoms with E-state index in [0.29, 0.717) is 23.2 Å². The second-order valence-corrected chi connectivity index (χ2v) is 11.3. The number of aliphatic hydroxyl groups excluding tert-OH is 1. The minimum absolute atomic E-state index is 0.252. The highest BCUT2D eigenvalue weighted by molar-refractivity contribution is 6.77. The van der Waals surface area contributed by atoms with E-state index >= 15 is 0 Å². The third-order valence-electron chi connectivity index (χ3n) is 3.59. The SMILES string of the molecule is CC(C)[Si](OCC[C@H](C)O)(C(C)C)C(C)C. The molecule has 1 N–H and O–H groups in total. The van der Waals surface area contributed by atoms with Crippen molar-refractivity contribution in [2.75, 3.05) is 6.61 Å². The van der Waals surface area contributed by atoms with Crippen LogP contribution in [-0.4, -0.2) is 26.1 Å². The summed E-state index contributed by atoms with van der Waals surface area (Å²) < 4.78 is 6.30. The highest BCUT2D eigenvalue weighted by Crippen LogP contribution is 2.42. The van der Waals surface area contributed by atoms with Gasteiger partial charge in [0.1, 0.15) is 0 Å². The zero-order valence-corrected chi connectivity index (χ0v) is 13.1. The molecule has 0 fully saturated rings. The van der Waals surface area contributed by atoms with Crippen molar-refractivity contribution in [3.8, 4) is 0 Å². The molecule has 0 amide bonds. The normalized spacial score (nSPS) is 15.2. The highest BCUT2D eigenvalue weighted by atomic mass is 28.4. The van der Waals surface area contributed by atoms with E-state index in [4.69, 9.17) is 4.43 Å². The van der Waals surface area contributed by atoms with E-state index in [1.165, 1.54) is 0 Å². The summed E-state index contributed by atoms with van der Waals surface area (Å²) in [5.74, 6) is 0. The molecule has 2 nitrogen and oxygen atoms in total. The van der Waals surface area contributed by atoms with Gasteiger partial charge in [-0.2, -0.15) is 0 Å². The Hall–Kier alpha value is 0.137. The van der Waals surface area contributed by atoms with E-state index in [9.17, 15) is 5.11 Å². The smallest absolute Gasteiger partial charge is 0.200 e. The van der Waals surface area contributed by atoms with Crippen LogP contribution < -0.4 is 0 Å². The zero-order valence-electron chi connectivity index (χ0n) is 12.1. The van der Waals surface area contributed by atoms with Gasteiger partial charge in [-0.15, -0.1) is 0 Å². The van der Waals surface area contributed by atoms with E-state index in [2.05, 4.69) is 41.5 Å². The van der Waals surface area contributed by atoms with Gasteiger partial charge in [0, 0.05) is 6.61 Å². The maximum atomic E-state index is 9.30. The predicted octanol–water partition coefficient (Wildman–Crippen LogP) is 3.95. The van der Waals surface area contributed by atoms with Gasteiger partial charge < -0.3 is 9.53 Å². The first kappa shape index (κ1) is 16.1. The highest BCUT2D eigenvalue weighted by Gasteiger charge is 2.44. The van der Waals surface area contributed by atoms with E-state index in [1.807, 2.05) is 6.92 Å². The summed E-state index contributed by atoms with van der Waals surface area (Å²) in [6.45, 7) is 16.3. The van der Waals surface area contributed by atoms with E-state index in [0.717, 1.165) is 6.42 Å². The molecule has 1 atom stereocenters. The van der Waals surface area contributed by atoms with Crippen molar-refractivity contribution in [1.29, 1.82) is 0 Å². The van der Waals surface area contributed by atoms with Crippen LogP contribution in [0.2, 0.25) is 16.6 Å². The van der Waals surface area contributed by atoms with E-state index in [1.54, 1.807) is 0 Å². The van der Waals surface area contributed by atoms with Crippen molar-refractivity contribution in [3.63, 3.8) is 0 Å². The first-order chi connectivity index (χ1) is 7.25. The molecule has 0 heterocycles. The van der Waals surface area contributed by atoms with Gasteiger partial charge in [-0.05, 0) is 30.0 Å². The number of hydrogen-bond donors (Lipinski definition) is 1. The fourth-order valence-electron chi connectivity index (χ4n) is 2.91. The molecule has 0 rings (SSSR count). The molecule has 0 bridgehead atoms. The fraction of sp³-hybridized carbons (Fsp3) is 1.00. The van der Waals surface area contributed by atoms with Crippen LogP contribution in [0.15, 0.2) is 0 Å². The Morgan fingerprint density at radius 3 is 1.50 bits per heavy atom. The summed E-state index contributed by atoms with van der Waals surface area (Å²) in [4.78, 5) is 0. The molecule has 0 unspecified atom stereocenters. The second kappa shape index (κ2) is 6.77. The molecule has 0 saturated heterocycles. The molecule has 0 saturated carbocycles. The molecule has 98 valence electrons. The van der Waals surface area contributed by atoms with E-state index < -0.39 is 8.32 Å². The molecule has 0 aromatic rings. The van der Waals surface area contributed by atoms with Gasteiger partial charge in [-0.1, -0.05) is 41.5 Å². The molecule has 3 heteroatoms. The molecule has 0 aromatic heterocycles. The van der Waals surface area contributed by atoms with Crippen LogP contribution in [0.25, 0.3) is 0 Å². The van der Waals surface area contributed by atoms with Crippen LogP contribution in [0.5, 0.6) is 0 Å². The number of aliphatic hydroxyl groups is 1. The first-order valence-electron chi connectivity index (χ1n) is 6.57. The maximum Gasteiger partial charge on any atom is 0.200 e. The third-order valence-corrected chi connectivity index (χ3v) is 9.71. The molecule has 16 heavy (non-hydrogen) atoms.